The number of carbonyl (C=O) groups excluding carboxylic acids is 1. The van der Waals surface area contributed by atoms with Crippen LogP contribution in [0.1, 0.15) is 59.3 Å². The average Bonchev–Trinajstić information content (AvgIpc) is 2.30. The molecule has 1 amide bonds. The van der Waals surface area contributed by atoms with Crippen LogP contribution < -0.4 is 11.1 Å². The van der Waals surface area contributed by atoms with Crippen LogP contribution in [0.5, 0.6) is 0 Å². The monoisotopic (exact) mass is 258 g/mol. The van der Waals surface area contributed by atoms with E-state index in [9.17, 15) is 4.79 Å². The van der Waals surface area contributed by atoms with Crippen molar-refractivity contribution >= 4 is 5.91 Å². The fraction of sp³-hybridized carbons (Fsp3) is 0.929. The van der Waals surface area contributed by atoms with Crippen molar-refractivity contribution in [2.45, 2.75) is 71.4 Å². The fourth-order valence-corrected chi connectivity index (χ4v) is 1.82. The van der Waals surface area contributed by atoms with Gasteiger partial charge in [-0.15, -0.1) is 0 Å². The molecule has 0 aliphatic carbocycles. The van der Waals surface area contributed by atoms with E-state index in [-0.39, 0.29) is 18.0 Å². The standard InChI is InChI=1S/C14H30N2O2/c1-4-5-6-7-8-10-18-11-9-13(14(15)17)16-12(2)3/h12-13,16H,4-11H2,1-3H3,(H2,15,17). The quantitative estimate of drug-likeness (QED) is 0.528. The summed E-state index contributed by atoms with van der Waals surface area (Å²) in [5.41, 5.74) is 5.32. The highest BCUT2D eigenvalue weighted by atomic mass is 16.5. The van der Waals surface area contributed by atoms with Gasteiger partial charge in [-0.25, -0.2) is 0 Å². The number of hydrogen-bond donors (Lipinski definition) is 2. The number of nitrogens with two attached hydrogens (primary N) is 1. The van der Waals surface area contributed by atoms with Crippen LogP contribution in [0.3, 0.4) is 0 Å². The van der Waals surface area contributed by atoms with Gasteiger partial charge in [0.1, 0.15) is 0 Å². The Labute approximate surface area is 112 Å². The van der Waals surface area contributed by atoms with E-state index >= 15 is 0 Å². The van der Waals surface area contributed by atoms with Crippen molar-refractivity contribution in [1.29, 1.82) is 0 Å². The molecule has 0 rings (SSSR count). The third kappa shape index (κ3) is 10.5. The zero-order valence-corrected chi connectivity index (χ0v) is 12.2. The summed E-state index contributed by atoms with van der Waals surface area (Å²) < 4.78 is 5.53. The molecule has 4 heteroatoms. The predicted octanol–water partition coefficient (Wildman–Crippen LogP) is 2.22. The zero-order valence-electron chi connectivity index (χ0n) is 12.2. The number of hydrogen-bond acceptors (Lipinski definition) is 3. The molecule has 18 heavy (non-hydrogen) atoms. The Morgan fingerprint density at radius 1 is 1.17 bits per heavy atom. The Morgan fingerprint density at radius 2 is 1.83 bits per heavy atom. The molecule has 0 aromatic carbocycles. The molecule has 0 fully saturated rings. The summed E-state index contributed by atoms with van der Waals surface area (Å²) in [4.78, 5) is 11.2. The smallest absolute Gasteiger partial charge is 0.234 e. The molecule has 0 aromatic heterocycles. The number of rotatable bonds is 12. The molecule has 108 valence electrons. The van der Waals surface area contributed by atoms with Crippen molar-refractivity contribution in [3.05, 3.63) is 0 Å². The lowest BCUT2D eigenvalue weighted by atomic mass is 10.1. The second kappa shape index (κ2) is 11.5. The normalized spacial score (nSPS) is 12.9. The first-order valence-electron chi connectivity index (χ1n) is 7.21. The summed E-state index contributed by atoms with van der Waals surface area (Å²) in [5, 5.41) is 3.14. The second-order valence-corrected chi connectivity index (χ2v) is 5.09. The van der Waals surface area contributed by atoms with Gasteiger partial charge in [-0.2, -0.15) is 0 Å². The van der Waals surface area contributed by atoms with Gasteiger partial charge < -0.3 is 15.8 Å². The van der Waals surface area contributed by atoms with E-state index in [1.807, 2.05) is 13.8 Å². The van der Waals surface area contributed by atoms with Gasteiger partial charge in [0.15, 0.2) is 0 Å². The minimum atomic E-state index is -0.296. The lowest BCUT2D eigenvalue weighted by Crippen LogP contribution is -2.45. The van der Waals surface area contributed by atoms with E-state index in [4.69, 9.17) is 10.5 Å². The minimum Gasteiger partial charge on any atom is -0.381 e. The Balaban J connectivity index is 3.47. The van der Waals surface area contributed by atoms with Crippen LogP contribution in [-0.2, 0) is 9.53 Å². The average molecular weight is 258 g/mol. The van der Waals surface area contributed by atoms with Gasteiger partial charge >= 0.3 is 0 Å². The molecule has 0 aromatic rings. The molecule has 1 atom stereocenters. The summed E-state index contributed by atoms with van der Waals surface area (Å²) in [6.45, 7) is 7.61. The van der Waals surface area contributed by atoms with Crippen molar-refractivity contribution in [2.75, 3.05) is 13.2 Å². The Hall–Kier alpha value is -0.610. The second-order valence-electron chi connectivity index (χ2n) is 5.09. The number of nitrogens with one attached hydrogen (secondary N) is 1. The van der Waals surface area contributed by atoms with Crippen LogP contribution in [0.25, 0.3) is 0 Å². The molecule has 0 radical (unpaired) electrons. The van der Waals surface area contributed by atoms with Crippen LogP contribution in [0, 0.1) is 0 Å². The van der Waals surface area contributed by atoms with Crippen molar-refractivity contribution in [3.63, 3.8) is 0 Å². The van der Waals surface area contributed by atoms with E-state index in [0.29, 0.717) is 13.0 Å². The topological polar surface area (TPSA) is 64.3 Å². The highest BCUT2D eigenvalue weighted by Gasteiger charge is 2.15. The molecule has 0 bridgehead atoms. The lowest BCUT2D eigenvalue weighted by Gasteiger charge is -2.18. The third-order valence-electron chi connectivity index (χ3n) is 2.82. The highest BCUT2D eigenvalue weighted by Crippen LogP contribution is 2.03. The van der Waals surface area contributed by atoms with Crippen molar-refractivity contribution in [2.24, 2.45) is 5.73 Å². The first-order chi connectivity index (χ1) is 8.57. The number of unbranched alkanes of at least 4 members (excludes halogenated alkanes) is 4. The largest absolute Gasteiger partial charge is 0.381 e. The first kappa shape index (κ1) is 17.4. The molecule has 0 aliphatic heterocycles. The summed E-state index contributed by atoms with van der Waals surface area (Å²) in [6, 6.07) is -0.0124. The molecule has 0 spiro atoms. The summed E-state index contributed by atoms with van der Waals surface area (Å²) in [5.74, 6) is -0.296. The Bertz CT molecular complexity index is 208. The third-order valence-corrected chi connectivity index (χ3v) is 2.82. The van der Waals surface area contributed by atoms with E-state index in [0.717, 1.165) is 13.0 Å². The predicted molar refractivity (Wildman–Crippen MR) is 75.4 cm³/mol. The molecule has 1 unspecified atom stereocenters. The summed E-state index contributed by atoms with van der Waals surface area (Å²) in [7, 11) is 0. The van der Waals surface area contributed by atoms with Gasteiger partial charge in [0.25, 0.3) is 0 Å². The maximum atomic E-state index is 11.2. The first-order valence-corrected chi connectivity index (χ1v) is 7.21. The van der Waals surface area contributed by atoms with Gasteiger partial charge in [0.2, 0.25) is 5.91 Å². The lowest BCUT2D eigenvalue weighted by molar-refractivity contribution is -0.120. The molecule has 4 nitrogen and oxygen atoms in total. The SMILES string of the molecule is CCCCCCCOCCC(NC(C)C)C(N)=O. The molecular weight excluding hydrogens is 228 g/mol. The number of ether oxygens (including phenoxy) is 1. The van der Waals surface area contributed by atoms with Crippen molar-refractivity contribution < 1.29 is 9.53 Å². The van der Waals surface area contributed by atoms with E-state index < -0.39 is 0 Å². The van der Waals surface area contributed by atoms with Gasteiger partial charge in [0.05, 0.1) is 6.04 Å². The van der Waals surface area contributed by atoms with Crippen LogP contribution >= 0.6 is 0 Å². The summed E-state index contributed by atoms with van der Waals surface area (Å²) >= 11 is 0. The molecule has 0 saturated heterocycles. The zero-order chi connectivity index (χ0) is 13.8. The molecule has 0 aliphatic rings. The molecule has 0 heterocycles. The number of amides is 1. The molecular formula is C14H30N2O2. The Kier molecular flexibility index (Phi) is 11.1. The van der Waals surface area contributed by atoms with Crippen molar-refractivity contribution in [1.82, 2.24) is 5.32 Å². The van der Waals surface area contributed by atoms with Gasteiger partial charge in [0, 0.05) is 19.3 Å². The fourth-order valence-electron chi connectivity index (χ4n) is 1.82. The Morgan fingerprint density at radius 3 is 2.39 bits per heavy atom. The summed E-state index contributed by atoms with van der Waals surface area (Å²) in [6.07, 6.45) is 6.86. The number of carbonyl (C=O) groups is 1. The van der Waals surface area contributed by atoms with E-state index in [2.05, 4.69) is 12.2 Å². The minimum absolute atomic E-state index is 0.261. The molecule has 3 N–H and O–H groups in total. The maximum absolute atomic E-state index is 11.2. The van der Waals surface area contributed by atoms with Gasteiger partial charge in [-0.05, 0) is 12.8 Å². The maximum Gasteiger partial charge on any atom is 0.234 e. The van der Waals surface area contributed by atoms with Crippen LogP contribution in [0.15, 0.2) is 0 Å². The van der Waals surface area contributed by atoms with Crippen LogP contribution in [0.4, 0.5) is 0 Å². The van der Waals surface area contributed by atoms with E-state index in [1.165, 1.54) is 25.7 Å². The number of primary amides is 1. The highest BCUT2D eigenvalue weighted by molar-refractivity contribution is 5.79. The molecule has 0 saturated carbocycles. The van der Waals surface area contributed by atoms with Gasteiger partial charge in [-0.1, -0.05) is 46.5 Å². The van der Waals surface area contributed by atoms with Crippen LogP contribution in [-0.4, -0.2) is 31.2 Å². The van der Waals surface area contributed by atoms with Crippen molar-refractivity contribution in [3.8, 4) is 0 Å². The van der Waals surface area contributed by atoms with Crippen LogP contribution in [0.2, 0.25) is 0 Å². The van der Waals surface area contributed by atoms with Gasteiger partial charge in [-0.3, -0.25) is 4.79 Å². The van der Waals surface area contributed by atoms with E-state index in [1.54, 1.807) is 0 Å².